The lowest BCUT2D eigenvalue weighted by atomic mass is 9.86. The molecule has 0 radical (unpaired) electrons. The van der Waals surface area contributed by atoms with Gasteiger partial charge in [0.15, 0.2) is 0 Å². The lowest BCUT2D eigenvalue weighted by molar-refractivity contribution is -0.122. The number of hydrogen-bond donors (Lipinski definition) is 1. The van der Waals surface area contributed by atoms with Crippen molar-refractivity contribution >= 4 is 28.0 Å². The van der Waals surface area contributed by atoms with Crippen LogP contribution < -0.4 is 0 Å². The fourth-order valence-corrected chi connectivity index (χ4v) is 3.34. The summed E-state index contributed by atoms with van der Waals surface area (Å²) in [5.74, 6) is 0. The molecule has 4 rings (SSSR count). The van der Waals surface area contributed by atoms with Gasteiger partial charge in [0.2, 0.25) is 0 Å². The predicted molar refractivity (Wildman–Crippen MR) is 98.0 cm³/mol. The monoisotopic (exact) mass is 306 g/mol. The van der Waals surface area contributed by atoms with Crippen LogP contribution in [0.3, 0.4) is 0 Å². The first-order valence-electron chi connectivity index (χ1n) is 7.85. The van der Waals surface area contributed by atoms with Gasteiger partial charge >= 0.3 is 0 Å². The average Bonchev–Trinajstić information content (AvgIpc) is 2.63. The Kier molecular flexibility index (Phi) is 5.93. The largest absolute Gasteiger partial charge is 0.483 e. The van der Waals surface area contributed by atoms with E-state index in [-0.39, 0.29) is 6.47 Å². The molecule has 0 heterocycles. The summed E-state index contributed by atoms with van der Waals surface area (Å²) in [5.41, 5.74) is 3.17. The predicted octanol–water partition coefficient (Wildman–Crippen LogP) is 5.37. The van der Waals surface area contributed by atoms with Gasteiger partial charge in [0.05, 0.1) is 0 Å². The molecule has 0 saturated heterocycles. The fraction of sp³-hybridized carbons (Fsp3) is 0.190. The minimum absolute atomic E-state index is 0.250. The summed E-state index contributed by atoms with van der Waals surface area (Å²) in [7, 11) is 0. The van der Waals surface area contributed by atoms with Crippen molar-refractivity contribution in [3.63, 3.8) is 0 Å². The Labute approximate surface area is 137 Å². The van der Waals surface area contributed by atoms with Crippen molar-refractivity contribution in [3.05, 3.63) is 72.8 Å². The molecule has 3 aromatic carbocycles. The van der Waals surface area contributed by atoms with E-state index >= 15 is 0 Å². The quantitative estimate of drug-likeness (QED) is 0.344. The summed E-state index contributed by atoms with van der Waals surface area (Å²) in [6.07, 6.45) is 5.22. The van der Waals surface area contributed by atoms with Crippen LogP contribution in [0, 0.1) is 0 Å². The van der Waals surface area contributed by atoms with Crippen LogP contribution in [-0.2, 0) is 17.6 Å². The highest BCUT2D eigenvalue weighted by atomic mass is 16.3. The zero-order valence-corrected chi connectivity index (χ0v) is 13.3. The maximum absolute atomic E-state index is 8.36. The van der Waals surface area contributed by atoms with E-state index in [1.165, 1.54) is 47.2 Å². The van der Waals surface area contributed by atoms with Gasteiger partial charge in [0, 0.05) is 0 Å². The summed E-state index contributed by atoms with van der Waals surface area (Å²) >= 11 is 0. The zero-order valence-electron chi connectivity index (χ0n) is 13.3. The molecule has 23 heavy (non-hydrogen) atoms. The third-order valence-electron chi connectivity index (χ3n) is 4.26. The van der Waals surface area contributed by atoms with Crippen LogP contribution >= 0.6 is 0 Å². The van der Waals surface area contributed by atoms with Crippen LogP contribution in [0.25, 0.3) is 21.5 Å². The number of benzene rings is 3. The van der Waals surface area contributed by atoms with Crippen LogP contribution in [-0.4, -0.2) is 11.6 Å². The molecule has 3 aromatic rings. The van der Waals surface area contributed by atoms with E-state index < -0.39 is 0 Å². The molecule has 0 bridgehead atoms. The third-order valence-corrected chi connectivity index (χ3v) is 4.26. The van der Waals surface area contributed by atoms with Crippen molar-refractivity contribution in [1.82, 2.24) is 0 Å². The van der Waals surface area contributed by atoms with Gasteiger partial charge < -0.3 is 5.11 Å². The van der Waals surface area contributed by atoms with Gasteiger partial charge in [-0.25, -0.2) is 0 Å². The van der Waals surface area contributed by atoms with E-state index in [2.05, 4.69) is 61.7 Å². The molecule has 0 saturated carbocycles. The maximum atomic E-state index is 8.36. The molecule has 1 aliphatic rings. The average molecular weight is 306 g/mol. The fourth-order valence-electron chi connectivity index (χ4n) is 3.34. The molecule has 1 aliphatic carbocycles. The van der Waals surface area contributed by atoms with Crippen molar-refractivity contribution in [1.29, 1.82) is 0 Å². The first kappa shape index (κ1) is 16.8. The molecular weight excluding hydrogens is 284 g/mol. The second kappa shape index (κ2) is 8.14. The number of hydrogen-bond acceptors (Lipinski definition) is 1. The van der Waals surface area contributed by atoms with Crippen LogP contribution in [0.5, 0.6) is 0 Å². The van der Waals surface area contributed by atoms with Crippen LogP contribution in [0.1, 0.15) is 24.0 Å². The van der Waals surface area contributed by atoms with E-state index in [0.717, 1.165) is 0 Å². The highest BCUT2D eigenvalue weighted by Crippen LogP contribution is 2.32. The van der Waals surface area contributed by atoms with E-state index in [9.17, 15) is 0 Å². The molecule has 2 nitrogen and oxygen atoms in total. The Morgan fingerprint density at radius 1 is 0.826 bits per heavy atom. The summed E-state index contributed by atoms with van der Waals surface area (Å²) in [5, 5.41) is 12.5. The molecular formula is C21H22O2. The highest BCUT2D eigenvalue weighted by molar-refractivity contribution is 6.08. The SMILES string of the molecule is C=C.O=CO.c1ccc2c(c1)ccc1c3c(ccc12)CCCC3. The van der Waals surface area contributed by atoms with Crippen LogP contribution in [0.4, 0.5) is 0 Å². The Bertz CT molecular complexity index is 805. The molecule has 0 aromatic heterocycles. The minimum atomic E-state index is -0.250. The van der Waals surface area contributed by atoms with E-state index in [1.54, 1.807) is 11.1 Å². The summed E-state index contributed by atoms with van der Waals surface area (Å²) < 4.78 is 0. The second-order valence-electron chi connectivity index (χ2n) is 5.40. The van der Waals surface area contributed by atoms with Gasteiger partial charge in [0.25, 0.3) is 6.47 Å². The molecule has 0 aliphatic heterocycles. The minimum Gasteiger partial charge on any atom is -0.483 e. The maximum Gasteiger partial charge on any atom is 0.290 e. The van der Waals surface area contributed by atoms with Gasteiger partial charge in [-0.1, -0.05) is 48.5 Å². The van der Waals surface area contributed by atoms with Crippen molar-refractivity contribution in [2.24, 2.45) is 0 Å². The lowest BCUT2D eigenvalue weighted by Crippen LogP contribution is -2.02. The topological polar surface area (TPSA) is 37.3 Å². The Balaban J connectivity index is 0.000000348. The van der Waals surface area contributed by atoms with Gasteiger partial charge in [0.1, 0.15) is 0 Å². The normalized spacial score (nSPS) is 12.3. The molecule has 0 atom stereocenters. The molecule has 0 amide bonds. The molecule has 0 unspecified atom stereocenters. The standard InChI is InChI=1S/C18H16.C2H4.CH2O2/c1-3-7-15-13(5-1)9-11-18-16-8-4-2-6-14(16)10-12-17(15)18;1-2;2-1-3/h1,3,5,7,9-12H,2,4,6,8H2;1-2H2;1H,(H,2,3). The smallest absolute Gasteiger partial charge is 0.290 e. The van der Waals surface area contributed by atoms with Crippen molar-refractivity contribution < 1.29 is 9.90 Å². The highest BCUT2D eigenvalue weighted by Gasteiger charge is 2.12. The lowest BCUT2D eigenvalue weighted by Gasteiger charge is -2.18. The second-order valence-corrected chi connectivity index (χ2v) is 5.40. The summed E-state index contributed by atoms with van der Waals surface area (Å²) in [4.78, 5) is 8.36. The number of carboxylic acid groups (broad SMARTS) is 1. The number of fused-ring (bicyclic) bond motifs is 5. The summed E-state index contributed by atoms with van der Waals surface area (Å²) in [6, 6.07) is 18.0. The third kappa shape index (κ3) is 3.42. The first-order valence-corrected chi connectivity index (χ1v) is 7.85. The Hall–Kier alpha value is -2.61. The Morgan fingerprint density at radius 2 is 1.48 bits per heavy atom. The van der Waals surface area contributed by atoms with Gasteiger partial charge in [-0.05, 0) is 58.4 Å². The molecule has 0 spiro atoms. The van der Waals surface area contributed by atoms with Crippen LogP contribution in [0.2, 0.25) is 0 Å². The molecule has 0 fully saturated rings. The number of carbonyl (C=O) groups is 1. The van der Waals surface area contributed by atoms with Crippen LogP contribution in [0.15, 0.2) is 61.7 Å². The van der Waals surface area contributed by atoms with E-state index in [0.29, 0.717) is 0 Å². The first-order chi connectivity index (χ1) is 11.3. The molecule has 118 valence electrons. The molecule has 2 heteroatoms. The molecule has 1 N–H and O–H groups in total. The van der Waals surface area contributed by atoms with Gasteiger partial charge in [-0.15, -0.1) is 13.2 Å². The van der Waals surface area contributed by atoms with E-state index in [1.807, 2.05) is 0 Å². The zero-order chi connectivity index (χ0) is 16.7. The number of rotatable bonds is 0. The van der Waals surface area contributed by atoms with Gasteiger partial charge in [-0.2, -0.15) is 0 Å². The van der Waals surface area contributed by atoms with E-state index in [4.69, 9.17) is 9.90 Å². The summed E-state index contributed by atoms with van der Waals surface area (Å²) in [6.45, 7) is 5.75. The van der Waals surface area contributed by atoms with Crippen molar-refractivity contribution in [2.45, 2.75) is 25.7 Å². The number of aryl methyl sites for hydroxylation is 2. The van der Waals surface area contributed by atoms with Crippen molar-refractivity contribution in [3.8, 4) is 0 Å². The Morgan fingerprint density at radius 3 is 2.26 bits per heavy atom. The van der Waals surface area contributed by atoms with Gasteiger partial charge in [-0.3, -0.25) is 4.79 Å². The van der Waals surface area contributed by atoms with Crippen molar-refractivity contribution in [2.75, 3.05) is 0 Å².